The van der Waals surface area contributed by atoms with E-state index in [2.05, 4.69) is 17.3 Å². The predicted octanol–water partition coefficient (Wildman–Crippen LogP) is 2.08. The van der Waals surface area contributed by atoms with E-state index in [0.717, 1.165) is 30.2 Å². The number of imidazole rings is 1. The fourth-order valence-corrected chi connectivity index (χ4v) is 2.54. The minimum Gasteiger partial charge on any atom is -0.466 e. The van der Waals surface area contributed by atoms with E-state index >= 15 is 0 Å². The Bertz CT molecular complexity index is 556. The SMILES string of the molecule is Cc1oc(C)c(C(CCc2nccn2C)NN)c1C. The number of aromatic nitrogens is 2. The first kappa shape index (κ1) is 13.8. The van der Waals surface area contributed by atoms with Crippen LogP contribution in [-0.2, 0) is 13.5 Å². The van der Waals surface area contributed by atoms with Crippen molar-refractivity contribution in [2.24, 2.45) is 12.9 Å². The van der Waals surface area contributed by atoms with Gasteiger partial charge in [0.2, 0.25) is 0 Å². The van der Waals surface area contributed by atoms with Gasteiger partial charge in [0.25, 0.3) is 0 Å². The summed E-state index contributed by atoms with van der Waals surface area (Å²) in [5.74, 6) is 8.68. The Morgan fingerprint density at radius 3 is 2.58 bits per heavy atom. The molecule has 5 nitrogen and oxygen atoms in total. The predicted molar refractivity (Wildman–Crippen MR) is 74.5 cm³/mol. The van der Waals surface area contributed by atoms with Crippen molar-refractivity contribution in [3.8, 4) is 0 Å². The van der Waals surface area contributed by atoms with Crippen LogP contribution < -0.4 is 11.3 Å². The van der Waals surface area contributed by atoms with Crippen molar-refractivity contribution < 1.29 is 4.42 Å². The quantitative estimate of drug-likeness (QED) is 0.639. The first-order valence-electron chi connectivity index (χ1n) is 6.53. The molecule has 0 aliphatic heterocycles. The zero-order chi connectivity index (χ0) is 14.0. The zero-order valence-electron chi connectivity index (χ0n) is 12.0. The molecule has 5 heteroatoms. The lowest BCUT2D eigenvalue weighted by molar-refractivity contribution is 0.471. The van der Waals surface area contributed by atoms with Crippen molar-refractivity contribution in [3.63, 3.8) is 0 Å². The molecule has 2 aromatic heterocycles. The maximum absolute atomic E-state index is 5.71. The van der Waals surface area contributed by atoms with Crippen LogP contribution in [0.3, 0.4) is 0 Å². The molecule has 0 aliphatic rings. The van der Waals surface area contributed by atoms with Crippen LogP contribution in [0.4, 0.5) is 0 Å². The molecule has 2 heterocycles. The minimum atomic E-state index is 0.0918. The summed E-state index contributed by atoms with van der Waals surface area (Å²) >= 11 is 0. The van der Waals surface area contributed by atoms with Crippen molar-refractivity contribution in [1.29, 1.82) is 0 Å². The average molecular weight is 262 g/mol. The molecule has 0 aromatic carbocycles. The van der Waals surface area contributed by atoms with Gasteiger partial charge in [0.05, 0.1) is 6.04 Å². The summed E-state index contributed by atoms with van der Waals surface area (Å²) in [6.07, 6.45) is 5.54. The van der Waals surface area contributed by atoms with Gasteiger partial charge in [-0.3, -0.25) is 11.3 Å². The van der Waals surface area contributed by atoms with E-state index < -0.39 is 0 Å². The van der Waals surface area contributed by atoms with E-state index in [4.69, 9.17) is 10.3 Å². The second-order valence-electron chi connectivity index (χ2n) is 4.97. The van der Waals surface area contributed by atoms with E-state index in [1.54, 1.807) is 0 Å². The highest BCUT2D eigenvalue weighted by Crippen LogP contribution is 2.29. The highest BCUT2D eigenvalue weighted by molar-refractivity contribution is 5.34. The van der Waals surface area contributed by atoms with Crippen molar-refractivity contribution in [2.45, 2.75) is 39.7 Å². The topological polar surface area (TPSA) is 69.0 Å². The number of nitrogens with zero attached hydrogens (tertiary/aromatic N) is 2. The first-order chi connectivity index (χ1) is 9.04. The Hall–Kier alpha value is -1.59. The van der Waals surface area contributed by atoms with Crippen molar-refractivity contribution in [1.82, 2.24) is 15.0 Å². The Labute approximate surface area is 113 Å². The van der Waals surface area contributed by atoms with Crippen LogP contribution >= 0.6 is 0 Å². The van der Waals surface area contributed by atoms with Gasteiger partial charge >= 0.3 is 0 Å². The highest BCUT2D eigenvalue weighted by Gasteiger charge is 2.20. The Kier molecular flexibility index (Phi) is 4.07. The van der Waals surface area contributed by atoms with Gasteiger partial charge in [-0.25, -0.2) is 4.98 Å². The standard InChI is InChI=1S/C14H22N4O/c1-9-10(2)19-11(3)14(9)12(17-15)5-6-13-16-7-8-18(13)4/h7-8,12,17H,5-6,15H2,1-4H3. The van der Waals surface area contributed by atoms with Gasteiger partial charge in [0.1, 0.15) is 17.3 Å². The van der Waals surface area contributed by atoms with Gasteiger partial charge in [0.15, 0.2) is 0 Å². The Morgan fingerprint density at radius 2 is 2.11 bits per heavy atom. The number of furan rings is 1. The summed E-state index contributed by atoms with van der Waals surface area (Å²) in [4.78, 5) is 4.34. The fourth-order valence-electron chi connectivity index (χ4n) is 2.54. The molecule has 0 amide bonds. The molecule has 2 rings (SSSR count). The molecule has 0 radical (unpaired) electrons. The second kappa shape index (κ2) is 5.59. The third kappa shape index (κ3) is 2.72. The molecule has 19 heavy (non-hydrogen) atoms. The summed E-state index contributed by atoms with van der Waals surface area (Å²) in [5.41, 5.74) is 5.25. The van der Waals surface area contributed by atoms with E-state index in [1.807, 2.05) is 37.9 Å². The van der Waals surface area contributed by atoms with Crippen LogP contribution in [0.5, 0.6) is 0 Å². The number of hydrazine groups is 1. The third-order valence-electron chi connectivity index (χ3n) is 3.74. The number of nitrogens with one attached hydrogen (secondary N) is 1. The smallest absolute Gasteiger partial charge is 0.108 e. The number of aryl methyl sites for hydroxylation is 4. The van der Waals surface area contributed by atoms with Gasteiger partial charge in [-0.2, -0.15) is 0 Å². The number of hydrogen-bond acceptors (Lipinski definition) is 4. The van der Waals surface area contributed by atoms with Crippen molar-refractivity contribution in [2.75, 3.05) is 0 Å². The summed E-state index contributed by atoms with van der Waals surface area (Å²) < 4.78 is 7.71. The Morgan fingerprint density at radius 1 is 1.37 bits per heavy atom. The Balaban J connectivity index is 2.14. The summed E-state index contributed by atoms with van der Waals surface area (Å²) in [6, 6.07) is 0.0918. The van der Waals surface area contributed by atoms with Gasteiger partial charge < -0.3 is 8.98 Å². The van der Waals surface area contributed by atoms with Gasteiger partial charge in [-0.15, -0.1) is 0 Å². The lowest BCUT2D eigenvalue weighted by Gasteiger charge is -2.16. The van der Waals surface area contributed by atoms with Gasteiger partial charge in [-0.05, 0) is 32.8 Å². The average Bonchev–Trinajstić information content (AvgIpc) is 2.88. The molecule has 1 atom stereocenters. The fraction of sp³-hybridized carbons (Fsp3) is 0.500. The molecule has 2 aromatic rings. The normalized spacial score (nSPS) is 12.9. The minimum absolute atomic E-state index is 0.0918. The van der Waals surface area contributed by atoms with E-state index in [0.29, 0.717) is 0 Å². The summed E-state index contributed by atoms with van der Waals surface area (Å²) in [5, 5.41) is 0. The number of hydrogen-bond donors (Lipinski definition) is 2. The maximum Gasteiger partial charge on any atom is 0.108 e. The van der Waals surface area contributed by atoms with E-state index in [-0.39, 0.29) is 6.04 Å². The molecular weight excluding hydrogens is 240 g/mol. The van der Waals surface area contributed by atoms with Crippen LogP contribution in [0, 0.1) is 20.8 Å². The first-order valence-corrected chi connectivity index (χ1v) is 6.53. The zero-order valence-corrected chi connectivity index (χ0v) is 12.0. The molecule has 0 fully saturated rings. The maximum atomic E-state index is 5.71. The van der Waals surface area contributed by atoms with Crippen LogP contribution in [0.15, 0.2) is 16.8 Å². The van der Waals surface area contributed by atoms with Crippen LogP contribution in [0.2, 0.25) is 0 Å². The van der Waals surface area contributed by atoms with Gasteiger partial charge in [0, 0.05) is 31.4 Å². The van der Waals surface area contributed by atoms with Gasteiger partial charge in [-0.1, -0.05) is 0 Å². The van der Waals surface area contributed by atoms with Crippen molar-refractivity contribution in [3.05, 3.63) is 40.9 Å². The highest BCUT2D eigenvalue weighted by atomic mass is 16.3. The molecule has 104 valence electrons. The van der Waals surface area contributed by atoms with E-state index in [9.17, 15) is 0 Å². The number of nitrogens with two attached hydrogens (primary N) is 1. The molecule has 1 unspecified atom stereocenters. The van der Waals surface area contributed by atoms with E-state index in [1.165, 1.54) is 11.1 Å². The molecule has 0 aliphatic carbocycles. The third-order valence-corrected chi connectivity index (χ3v) is 3.74. The van der Waals surface area contributed by atoms with Crippen LogP contribution in [-0.4, -0.2) is 9.55 Å². The summed E-state index contributed by atoms with van der Waals surface area (Å²) in [6.45, 7) is 6.05. The van der Waals surface area contributed by atoms with Crippen LogP contribution in [0.1, 0.15) is 40.9 Å². The monoisotopic (exact) mass is 262 g/mol. The summed E-state index contributed by atoms with van der Waals surface area (Å²) in [7, 11) is 2.01. The van der Waals surface area contributed by atoms with Crippen LogP contribution in [0.25, 0.3) is 0 Å². The lowest BCUT2D eigenvalue weighted by atomic mass is 9.98. The molecule has 0 bridgehead atoms. The van der Waals surface area contributed by atoms with Crippen molar-refractivity contribution >= 4 is 0 Å². The molecule has 0 saturated carbocycles. The lowest BCUT2D eigenvalue weighted by Crippen LogP contribution is -2.29. The molecule has 0 saturated heterocycles. The second-order valence-corrected chi connectivity index (χ2v) is 4.97. The molecule has 3 N–H and O–H groups in total. The molecule has 0 spiro atoms. The largest absolute Gasteiger partial charge is 0.466 e. The molecular formula is C14H22N4O. The number of rotatable bonds is 5.